The van der Waals surface area contributed by atoms with Crippen LogP contribution in [-0.4, -0.2) is 17.6 Å². The fourth-order valence-electron chi connectivity index (χ4n) is 1.72. The average molecular weight is 256 g/mol. The second kappa shape index (κ2) is 6.02. The summed E-state index contributed by atoms with van der Waals surface area (Å²) in [7, 11) is 0. The number of hydrogen-bond donors (Lipinski definition) is 3. The zero-order valence-corrected chi connectivity index (χ0v) is 10.4. The number of hydrogen-bond acceptors (Lipinski definition) is 3. The molecule has 2 rings (SSSR count). The van der Waals surface area contributed by atoms with Crippen molar-refractivity contribution in [1.82, 2.24) is 5.32 Å². The lowest BCUT2D eigenvalue weighted by Gasteiger charge is -2.12. The summed E-state index contributed by atoms with van der Waals surface area (Å²) in [4.78, 5) is 11.8. The van der Waals surface area contributed by atoms with E-state index in [1.807, 2.05) is 30.3 Å². The highest BCUT2D eigenvalue weighted by molar-refractivity contribution is 5.94. The molecule has 98 valence electrons. The van der Waals surface area contributed by atoms with E-state index in [0.29, 0.717) is 11.3 Å². The van der Waals surface area contributed by atoms with Crippen molar-refractivity contribution < 1.29 is 9.90 Å². The SMILES string of the molecule is Nc1ccc(C(=O)NCC(O)c2ccccc2)cc1. The molecule has 4 N–H and O–H groups in total. The first kappa shape index (κ1) is 13.1. The van der Waals surface area contributed by atoms with Crippen molar-refractivity contribution in [3.8, 4) is 0 Å². The van der Waals surface area contributed by atoms with Crippen molar-refractivity contribution in [1.29, 1.82) is 0 Å². The molecule has 0 radical (unpaired) electrons. The van der Waals surface area contributed by atoms with Gasteiger partial charge in [-0.25, -0.2) is 0 Å². The lowest BCUT2D eigenvalue weighted by molar-refractivity contribution is 0.0916. The number of carbonyl (C=O) groups is 1. The van der Waals surface area contributed by atoms with E-state index in [2.05, 4.69) is 5.32 Å². The molecule has 19 heavy (non-hydrogen) atoms. The van der Waals surface area contributed by atoms with Gasteiger partial charge in [0.05, 0.1) is 6.10 Å². The molecule has 0 saturated carbocycles. The molecule has 0 spiro atoms. The van der Waals surface area contributed by atoms with E-state index in [1.54, 1.807) is 24.3 Å². The number of nitrogens with one attached hydrogen (secondary N) is 1. The summed E-state index contributed by atoms with van der Waals surface area (Å²) in [5, 5.41) is 12.6. The summed E-state index contributed by atoms with van der Waals surface area (Å²) in [5.74, 6) is -0.227. The zero-order chi connectivity index (χ0) is 13.7. The van der Waals surface area contributed by atoms with Gasteiger partial charge in [0.1, 0.15) is 0 Å². The van der Waals surface area contributed by atoms with Crippen LogP contribution in [0.2, 0.25) is 0 Å². The van der Waals surface area contributed by atoms with Crippen LogP contribution >= 0.6 is 0 Å². The topological polar surface area (TPSA) is 75.4 Å². The zero-order valence-electron chi connectivity index (χ0n) is 10.4. The summed E-state index contributed by atoms with van der Waals surface area (Å²) in [5.41, 5.74) is 7.47. The highest BCUT2D eigenvalue weighted by Gasteiger charge is 2.10. The van der Waals surface area contributed by atoms with Crippen LogP contribution in [0.15, 0.2) is 54.6 Å². The molecular weight excluding hydrogens is 240 g/mol. The molecule has 1 amide bonds. The summed E-state index contributed by atoms with van der Waals surface area (Å²) >= 11 is 0. The fourth-order valence-corrected chi connectivity index (χ4v) is 1.72. The quantitative estimate of drug-likeness (QED) is 0.729. The van der Waals surface area contributed by atoms with Crippen LogP contribution in [-0.2, 0) is 0 Å². The molecule has 0 aromatic heterocycles. The Bertz CT molecular complexity index is 538. The summed E-state index contributed by atoms with van der Waals surface area (Å²) in [6.45, 7) is 0.174. The van der Waals surface area contributed by atoms with Gasteiger partial charge in [-0.1, -0.05) is 30.3 Å². The smallest absolute Gasteiger partial charge is 0.251 e. The Hall–Kier alpha value is -2.33. The Morgan fingerprint density at radius 1 is 1.11 bits per heavy atom. The third-order valence-electron chi connectivity index (χ3n) is 2.81. The second-order valence-electron chi connectivity index (χ2n) is 4.26. The van der Waals surface area contributed by atoms with Crippen LogP contribution in [0.5, 0.6) is 0 Å². The highest BCUT2D eigenvalue weighted by atomic mass is 16.3. The van der Waals surface area contributed by atoms with Gasteiger partial charge in [0.2, 0.25) is 0 Å². The minimum absolute atomic E-state index is 0.174. The Labute approximate surface area is 111 Å². The van der Waals surface area contributed by atoms with E-state index in [-0.39, 0.29) is 12.5 Å². The monoisotopic (exact) mass is 256 g/mol. The van der Waals surface area contributed by atoms with Crippen LogP contribution in [0.25, 0.3) is 0 Å². The van der Waals surface area contributed by atoms with Gasteiger partial charge in [0, 0.05) is 17.8 Å². The molecule has 1 unspecified atom stereocenters. The molecule has 0 aliphatic rings. The molecule has 4 nitrogen and oxygen atoms in total. The standard InChI is InChI=1S/C15H16N2O2/c16-13-8-6-12(7-9-13)15(19)17-10-14(18)11-4-2-1-3-5-11/h1-9,14,18H,10,16H2,(H,17,19). The molecule has 1 atom stereocenters. The Morgan fingerprint density at radius 2 is 1.74 bits per heavy atom. The molecule has 4 heteroatoms. The summed E-state index contributed by atoms with van der Waals surface area (Å²) < 4.78 is 0. The maximum absolute atomic E-state index is 11.8. The van der Waals surface area contributed by atoms with E-state index in [9.17, 15) is 9.90 Å². The molecule has 0 bridgehead atoms. The third kappa shape index (κ3) is 3.56. The van der Waals surface area contributed by atoms with Gasteiger partial charge in [-0.15, -0.1) is 0 Å². The van der Waals surface area contributed by atoms with E-state index in [4.69, 9.17) is 5.73 Å². The van der Waals surface area contributed by atoms with Crippen LogP contribution < -0.4 is 11.1 Å². The largest absolute Gasteiger partial charge is 0.399 e. The van der Waals surface area contributed by atoms with Crippen LogP contribution in [0, 0.1) is 0 Å². The first-order valence-electron chi connectivity index (χ1n) is 6.03. The number of aliphatic hydroxyl groups is 1. The number of anilines is 1. The highest BCUT2D eigenvalue weighted by Crippen LogP contribution is 2.11. The van der Waals surface area contributed by atoms with Crippen LogP contribution in [0.1, 0.15) is 22.0 Å². The average Bonchev–Trinajstić information content (AvgIpc) is 2.46. The molecule has 2 aromatic rings. The molecule has 2 aromatic carbocycles. The summed E-state index contributed by atoms with van der Waals surface area (Å²) in [6.07, 6.45) is -0.709. The number of rotatable bonds is 4. The van der Waals surface area contributed by atoms with Gasteiger partial charge in [0.15, 0.2) is 0 Å². The van der Waals surface area contributed by atoms with Gasteiger partial charge in [-0.2, -0.15) is 0 Å². The van der Waals surface area contributed by atoms with Crippen molar-refractivity contribution in [2.75, 3.05) is 12.3 Å². The minimum atomic E-state index is -0.709. The Balaban J connectivity index is 1.92. The maximum Gasteiger partial charge on any atom is 0.251 e. The van der Waals surface area contributed by atoms with Gasteiger partial charge < -0.3 is 16.2 Å². The normalized spacial score (nSPS) is 11.8. The predicted octanol–water partition coefficient (Wildman–Crippen LogP) is 1.73. The van der Waals surface area contributed by atoms with Crippen molar-refractivity contribution in [3.05, 3.63) is 65.7 Å². The summed E-state index contributed by atoms with van der Waals surface area (Å²) in [6, 6.07) is 15.9. The van der Waals surface area contributed by atoms with E-state index >= 15 is 0 Å². The van der Waals surface area contributed by atoms with Crippen LogP contribution in [0.4, 0.5) is 5.69 Å². The molecular formula is C15H16N2O2. The number of amides is 1. The minimum Gasteiger partial charge on any atom is -0.399 e. The Morgan fingerprint density at radius 3 is 2.37 bits per heavy atom. The molecule has 0 aliphatic heterocycles. The van der Waals surface area contributed by atoms with Crippen molar-refractivity contribution in [2.45, 2.75) is 6.10 Å². The Kier molecular flexibility index (Phi) is 4.15. The van der Waals surface area contributed by atoms with Gasteiger partial charge in [0.25, 0.3) is 5.91 Å². The fraction of sp³-hybridized carbons (Fsp3) is 0.133. The predicted molar refractivity (Wildman–Crippen MR) is 74.6 cm³/mol. The third-order valence-corrected chi connectivity index (χ3v) is 2.81. The van der Waals surface area contributed by atoms with E-state index < -0.39 is 6.10 Å². The second-order valence-corrected chi connectivity index (χ2v) is 4.26. The van der Waals surface area contributed by atoms with Gasteiger partial charge in [-0.05, 0) is 29.8 Å². The first-order chi connectivity index (χ1) is 9.16. The van der Waals surface area contributed by atoms with E-state index in [0.717, 1.165) is 5.56 Å². The maximum atomic E-state index is 11.8. The van der Waals surface area contributed by atoms with Crippen molar-refractivity contribution >= 4 is 11.6 Å². The van der Waals surface area contributed by atoms with E-state index in [1.165, 1.54) is 0 Å². The number of benzene rings is 2. The van der Waals surface area contributed by atoms with Gasteiger partial charge >= 0.3 is 0 Å². The molecule has 0 fully saturated rings. The number of aliphatic hydroxyl groups excluding tert-OH is 1. The van der Waals surface area contributed by atoms with Gasteiger partial charge in [-0.3, -0.25) is 4.79 Å². The van der Waals surface area contributed by atoms with Crippen molar-refractivity contribution in [2.24, 2.45) is 0 Å². The lowest BCUT2D eigenvalue weighted by Crippen LogP contribution is -2.28. The van der Waals surface area contributed by atoms with Crippen molar-refractivity contribution in [3.63, 3.8) is 0 Å². The molecule has 0 heterocycles. The van der Waals surface area contributed by atoms with Crippen LogP contribution in [0.3, 0.4) is 0 Å². The number of nitrogen functional groups attached to an aromatic ring is 1. The first-order valence-corrected chi connectivity index (χ1v) is 6.03. The molecule has 0 aliphatic carbocycles. The number of nitrogens with two attached hydrogens (primary N) is 1. The lowest BCUT2D eigenvalue weighted by atomic mass is 10.1. The number of carbonyl (C=O) groups excluding carboxylic acids is 1. The molecule has 0 saturated heterocycles.